The van der Waals surface area contributed by atoms with Crippen LogP contribution in [0.25, 0.3) is 0 Å². The quantitative estimate of drug-likeness (QED) is 0.180. The Balaban J connectivity index is 0. The van der Waals surface area contributed by atoms with Crippen LogP contribution in [0.2, 0.25) is 0 Å². The molecule has 6 nitrogen and oxygen atoms in total. The van der Waals surface area contributed by atoms with Gasteiger partial charge in [-0.3, -0.25) is 9.69 Å². The Morgan fingerprint density at radius 1 is 1.22 bits per heavy atom. The average molecular weight is 338 g/mol. The Morgan fingerprint density at radius 2 is 1.83 bits per heavy atom. The molecule has 0 aromatic heterocycles. The summed E-state index contributed by atoms with van der Waals surface area (Å²) in [5, 5.41) is 30.1. The second kappa shape index (κ2) is 15.4. The summed E-state index contributed by atoms with van der Waals surface area (Å²) >= 11 is 0. The van der Waals surface area contributed by atoms with E-state index in [-0.39, 0.29) is 48.5 Å². The van der Waals surface area contributed by atoms with Crippen molar-refractivity contribution < 1.29 is 49.7 Å². The van der Waals surface area contributed by atoms with E-state index in [0.29, 0.717) is 13.0 Å². The third-order valence-corrected chi connectivity index (χ3v) is 3.57. The molecule has 0 heterocycles. The van der Waals surface area contributed by atoms with E-state index in [1.54, 1.807) is 18.7 Å². The smallest absolute Gasteiger partial charge is 0.862 e. The van der Waals surface area contributed by atoms with Crippen molar-refractivity contribution in [1.29, 1.82) is 0 Å². The molecule has 2 N–H and O–H groups in total. The fourth-order valence-electron chi connectivity index (χ4n) is 2.20. The van der Waals surface area contributed by atoms with Crippen LogP contribution < -0.4 is 34.7 Å². The van der Waals surface area contributed by atoms with Crippen molar-refractivity contribution in [2.24, 2.45) is 4.99 Å². The van der Waals surface area contributed by atoms with E-state index in [2.05, 4.69) is 11.9 Å². The molecule has 0 saturated heterocycles. The third-order valence-electron chi connectivity index (χ3n) is 3.57. The topological polar surface area (TPSA) is 96.2 Å². The third kappa shape index (κ3) is 14.0. The van der Waals surface area contributed by atoms with Crippen LogP contribution in [0.3, 0.4) is 0 Å². The van der Waals surface area contributed by atoms with Gasteiger partial charge in [-0.15, -0.1) is 0 Å². The monoisotopic (exact) mass is 338 g/mol. The molecule has 0 saturated carbocycles. The number of unbranched alkanes of at least 4 members (excludes halogenated alkanes) is 4. The van der Waals surface area contributed by atoms with Crippen LogP contribution in [0, 0.1) is 0 Å². The van der Waals surface area contributed by atoms with E-state index in [4.69, 9.17) is 5.11 Å². The van der Waals surface area contributed by atoms with Gasteiger partial charge in [0.15, 0.2) is 0 Å². The second-order valence-electron chi connectivity index (χ2n) is 5.80. The van der Waals surface area contributed by atoms with Crippen LogP contribution in [-0.4, -0.2) is 58.8 Å². The standard InChI is InChI=1S/C16H32N2O4.Na/c1-4-5-6-7-8-9-15(20)17-10-11-18(12-13(2)19)14(3)16(21)22;/h13-14,19H,4-12H2,1-3H3,(H,17,20)(H,21,22);/q;+1/p-1. The summed E-state index contributed by atoms with van der Waals surface area (Å²) in [7, 11) is 0. The number of aliphatic imine (C=N–C) groups is 1. The number of nitrogens with zero attached hydrogens (tertiary/aromatic N) is 2. The number of aliphatic carboxylic acids is 1. The molecule has 0 aromatic rings. The Kier molecular flexibility index (Phi) is 16.8. The van der Waals surface area contributed by atoms with E-state index in [0.717, 1.165) is 19.3 Å². The van der Waals surface area contributed by atoms with Gasteiger partial charge in [0, 0.05) is 13.1 Å². The van der Waals surface area contributed by atoms with Crippen LogP contribution >= 0.6 is 0 Å². The van der Waals surface area contributed by atoms with Crippen LogP contribution in [0.15, 0.2) is 4.99 Å². The van der Waals surface area contributed by atoms with Gasteiger partial charge in [0.05, 0.1) is 12.6 Å². The van der Waals surface area contributed by atoms with E-state index in [9.17, 15) is 15.0 Å². The molecule has 0 rings (SSSR count). The zero-order valence-electron chi connectivity index (χ0n) is 15.1. The maximum Gasteiger partial charge on any atom is 1.00 e. The van der Waals surface area contributed by atoms with Gasteiger partial charge in [0.1, 0.15) is 6.04 Å². The SMILES string of the molecule is CCCCCCCC([O-])=NCCN(CC(C)O)C(C)C(=O)O.[Na+]. The molecule has 23 heavy (non-hydrogen) atoms. The molecular formula is C16H31N2NaO4. The van der Waals surface area contributed by atoms with Crippen LogP contribution in [0.5, 0.6) is 0 Å². The number of carboxylic acid groups (broad SMARTS) is 1. The Morgan fingerprint density at radius 3 is 2.35 bits per heavy atom. The Labute approximate surface area is 162 Å². The predicted molar refractivity (Wildman–Crippen MR) is 86.0 cm³/mol. The van der Waals surface area contributed by atoms with Crippen molar-refractivity contribution in [3.63, 3.8) is 0 Å². The summed E-state index contributed by atoms with van der Waals surface area (Å²) < 4.78 is 0. The molecule has 0 fully saturated rings. The summed E-state index contributed by atoms with van der Waals surface area (Å²) in [4.78, 5) is 16.6. The number of aliphatic hydroxyl groups is 1. The molecule has 0 aliphatic heterocycles. The minimum absolute atomic E-state index is 0. The van der Waals surface area contributed by atoms with Crippen molar-refractivity contribution in [2.75, 3.05) is 19.6 Å². The summed E-state index contributed by atoms with van der Waals surface area (Å²) in [5.74, 6) is -1.06. The number of aliphatic hydroxyl groups excluding tert-OH is 1. The Hall–Kier alpha value is -0.140. The summed E-state index contributed by atoms with van der Waals surface area (Å²) in [6.45, 7) is 6.23. The van der Waals surface area contributed by atoms with Crippen LogP contribution in [0.1, 0.15) is 59.3 Å². The predicted octanol–water partition coefficient (Wildman–Crippen LogP) is -1.73. The van der Waals surface area contributed by atoms with Gasteiger partial charge in [-0.05, 0) is 32.6 Å². The minimum Gasteiger partial charge on any atom is -0.862 e. The van der Waals surface area contributed by atoms with Crippen LogP contribution in [0.4, 0.5) is 0 Å². The number of rotatable bonds is 13. The van der Waals surface area contributed by atoms with E-state index >= 15 is 0 Å². The molecule has 0 radical (unpaired) electrons. The van der Waals surface area contributed by atoms with Gasteiger partial charge in [-0.1, -0.05) is 32.6 Å². The van der Waals surface area contributed by atoms with Gasteiger partial charge < -0.3 is 20.3 Å². The fraction of sp³-hybridized carbons (Fsp3) is 0.875. The normalized spacial score (nSPS) is 14.4. The molecule has 130 valence electrons. The van der Waals surface area contributed by atoms with Crippen molar-refractivity contribution in [1.82, 2.24) is 4.90 Å². The molecule has 0 aromatic carbocycles. The summed E-state index contributed by atoms with van der Waals surface area (Å²) in [6, 6.07) is -0.700. The minimum atomic E-state index is -0.942. The van der Waals surface area contributed by atoms with E-state index < -0.39 is 18.1 Å². The molecule has 0 spiro atoms. The summed E-state index contributed by atoms with van der Waals surface area (Å²) in [6.07, 6.45) is 5.31. The van der Waals surface area contributed by atoms with E-state index in [1.807, 2.05) is 0 Å². The number of hydrogen-bond donors (Lipinski definition) is 2. The van der Waals surface area contributed by atoms with Crippen molar-refractivity contribution in [3.05, 3.63) is 0 Å². The molecule has 0 aliphatic carbocycles. The fourth-order valence-corrected chi connectivity index (χ4v) is 2.20. The van der Waals surface area contributed by atoms with Gasteiger partial charge in [0.25, 0.3) is 0 Å². The maximum absolute atomic E-state index is 11.6. The first-order chi connectivity index (χ1) is 10.4. The van der Waals surface area contributed by atoms with Gasteiger partial charge in [-0.2, -0.15) is 0 Å². The van der Waals surface area contributed by atoms with Gasteiger partial charge >= 0.3 is 35.5 Å². The summed E-state index contributed by atoms with van der Waals surface area (Å²) in [5.41, 5.74) is 0. The molecule has 7 heteroatoms. The molecule has 0 amide bonds. The second-order valence-corrected chi connectivity index (χ2v) is 5.80. The maximum atomic E-state index is 11.6. The largest absolute Gasteiger partial charge is 1.00 e. The van der Waals surface area contributed by atoms with E-state index in [1.165, 1.54) is 12.8 Å². The Bertz CT molecular complexity index is 338. The number of carboxylic acids is 1. The molecule has 2 unspecified atom stereocenters. The van der Waals surface area contributed by atoms with Crippen molar-refractivity contribution in [3.8, 4) is 0 Å². The number of carbonyl (C=O) groups is 1. The molecular weight excluding hydrogens is 307 g/mol. The first-order valence-corrected chi connectivity index (χ1v) is 8.23. The molecule has 0 bridgehead atoms. The van der Waals surface area contributed by atoms with Crippen molar-refractivity contribution >= 4 is 11.9 Å². The molecule has 0 aliphatic rings. The first kappa shape index (κ1) is 25.1. The van der Waals surface area contributed by atoms with Gasteiger partial charge in [-0.25, -0.2) is 0 Å². The van der Waals surface area contributed by atoms with Gasteiger partial charge in [0.2, 0.25) is 0 Å². The number of hydrogen-bond acceptors (Lipinski definition) is 5. The average Bonchev–Trinajstić information content (AvgIpc) is 2.44. The zero-order valence-corrected chi connectivity index (χ0v) is 17.1. The first-order valence-electron chi connectivity index (χ1n) is 8.23. The zero-order chi connectivity index (χ0) is 17.0. The molecule has 2 atom stereocenters. The van der Waals surface area contributed by atoms with Crippen LogP contribution in [-0.2, 0) is 4.79 Å². The van der Waals surface area contributed by atoms with Crippen molar-refractivity contribution in [2.45, 2.75) is 71.4 Å².